The zero-order valence-electron chi connectivity index (χ0n) is 11.2. The Hall–Kier alpha value is -1.82. The molecule has 7 heteroatoms. The van der Waals surface area contributed by atoms with E-state index in [1.54, 1.807) is 12.1 Å². The minimum atomic E-state index is -0.425. The molecule has 6 nitrogen and oxygen atoms in total. The van der Waals surface area contributed by atoms with Crippen LogP contribution >= 0.6 is 12.4 Å². The summed E-state index contributed by atoms with van der Waals surface area (Å²) in [5.74, 6) is -0.409. The third-order valence-electron chi connectivity index (χ3n) is 1.93. The summed E-state index contributed by atoms with van der Waals surface area (Å²) in [6.07, 6.45) is 0. The minimum absolute atomic E-state index is 0. The van der Waals surface area contributed by atoms with E-state index >= 15 is 0 Å². The average Bonchev–Trinajstić information content (AvgIpc) is 2.23. The molecule has 0 spiro atoms. The molecule has 1 aromatic rings. The standard InChI is InChI=1S/C12H18N4O2.ClH/c1-12(2,3)16-10(17)7-14-11(18)8-5-4-6-9(13)15-8;/h4-6H,7H2,1-3H3,(H2,13,15)(H,14,18)(H,16,17);1H. The molecule has 0 atom stereocenters. The Morgan fingerprint density at radius 1 is 1.32 bits per heavy atom. The van der Waals surface area contributed by atoms with Gasteiger partial charge in [0, 0.05) is 5.54 Å². The first-order valence-corrected chi connectivity index (χ1v) is 5.60. The van der Waals surface area contributed by atoms with Gasteiger partial charge >= 0.3 is 0 Å². The van der Waals surface area contributed by atoms with Gasteiger partial charge in [0.2, 0.25) is 5.91 Å². The number of hydrogen-bond donors (Lipinski definition) is 3. The van der Waals surface area contributed by atoms with E-state index in [-0.39, 0.29) is 41.9 Å². The van der Waals surface area contributed by atoms with Crippen LogP contribution in [-0.2, 0) is 4.79 Å². The van der Waals surface area contributed by atoms with Gasteiger partial charge in [-0.15, -0.1) is 12.4 Å². The topological polar surface area (TPSA) is 97.1 Å². The van der Waals surface area contributed by atoms with Crippen LogP contribution in [0.2, 0.25) is 0 Å². The molecule has 0 aliphatic carbocycles. The Kier molecular flexibility index (Phi) is 6.27. The third kappa shape index (κ3) is 6.61. The van der Waals surface area contributed by atoms with E-state index in [4.69, 9.17) is 5.73 Å². The van der Waals surface area contributed by atoms with E-state index in [2.05, 4.69) is 15.6 Å². The average molecular weight is 287 g/mol. The molecule has 1 heterocycles. The van der Waals surface area contributed by atoms with E-state index in [9.17, 15) is 9.59 Å². The quantitative estimate of drug-likeness (QED) is 0.763. The lowest BCUT2D eigenvalue weighted by atomic mass is 10.1. The highest BCUT2D eigenvalue weighted by molar-refractivity contribution is 5.95. The second kappa shape index (κ2) is 6.94. The summed E-state index contributed by atoms with van der Waals surface area (Å²) < 4.78 is 0. The predicted molar refractivity (Wildman–Crippen MR) is 76.1 cm³/mol. The molecule has 0 fully saturated rings. The fourth-order valence-corrected chi connectivity index (χ4v) is 1.29. The highest BCUT2D eigenvalue weighted by Crippen LogP contribution is 2.00. The van der Waals surface area contributed by atoms with E-state index in [1.165, 1.54) is 6.07 Å². The Labute approximate surface area is 118 Å². The maximum Gasteiger partial charge on any atom is 0.270 e. The molecule has 0 aromatic carbocycles. The maximum absolute atomic E-state index is 11.7. The fourth-order valence-electron chi connectivity index (χ4n) is 1.29. The van der Waals surface area contributed by atoms with Crippen LogP contribution < -0.4 is 16.4 Å². The minimum Gasteiger partial charge on any atom is -0.384 e. The number of anilines is 1. The van der Waals surface area contributed by atoms with Gasteiger partial charge in [-0.05, 0) is 32.9 Å². The van der Waals surface area contributed by atoms with Crippen molar-refractivity contribution in [2.45, 2.75) is 26.3 Å². The second-order valence-corrected chi connectivity index (χ2v) is 4.93. The van der Waals surface area contributed by atoms with Crippen molar-refractivity contribution < 1.29 is 9.59 Å². The van der Waals surface area contributed by atoms with Crippen molar-refractivity contribution in [1.82, 2.24) is 15.6 Å². The first-order chi connectivity index (χ1) is 8.28. The van der Waals surface area contributed by atoms with Crippen LogP contribution in [0.5, 0.6) is 0 Å². The van der Waals surface area contributed by atoms with Crippen LogP contribution in [0.3, 0.4) is 0 Å². The third-order valence-corrected chi connectivity index (χ3v) is 1.93. The normalized spacial score (nSPS) is 10.3. The lowest BCUT2D eigenvalue weighted by molar-refractivity contribution is -0.121. The summed E-state index contributed by atoms with van der Waals surface area (Å²) in [7, 11) is 0. The van der Waals surface area contributed by atoms with E-state index in [0.717, 1.165) is 0 Å². The van der Waals surface area contributed by atoms with Crippen molar-refractivity contribution in [3.8, 4) is 0 Å². The van der Waals surface area contributed by atoms with Gasteiger partial charge in [0.1, 0.15) is 11.5 Å². The van der Waals surface area contributed by atoms with Crippen LogP contribution in [0.15, 0.2) is 18.2 Å². The number of pyridine rings is 1. The fraction of sp³-hybridized carbons (Fsp3) is 0.417. The molecule has 0 bridgehead atoms. The molecule has 4 N–H and O–H groups in total. The molecule has 19 heavy (non-hydrogen) atoms. The summed E-state index contributed by atoms with van der Waals surface area (Å²) >= 11 is 0. The molecule has 0 saturated heterocycles. The molecule has 0 aliphatic rings. The number of hydrogen-bond acceptors (Lipinski definition) is 4. The lowest BCUT2D eigenvalue weighted by Crippen LogP contribution is -2.45. The Balaban J connectivity index is 0.00000324. The Bertz CT molecular complexity index is 457. The molecule has 1 aromatic heterocycles. The largest absolute Gasteiger partial charge is 0.384 e. The number of halogens is 1. The second-order valence-electron chi connectivity index (χ2n) is 4.93. The number of nitrogens with two attached hydrogens (primary N) is 1. The Morgan fingerprint density at radius 2 is 1.95 bits per heavy atom. The molecular formula is C12H19ClN4O2. The van der Waals surface area contributed by atoms with Crippen molar-refractivity contribution in [3.63, 3.8) is 0 Å². The summed E-state index contributed by atoms with van der Waals surface area (Å²) in [6, 6.07) is 4.75. The SMILES string of the molecule is CC(C)(C)NC(=O)CNC(=O)c1cccc(N)n1.Cl. The number of nitrogen functional groups attached to an aromatic ring is 1. The number of aromatic nitrogens is 1. The van der Waals surface area contributed by atoms with Gasteiger partial charge in [0.05, 0.1) is 6.54 Å². The zero-order valence-corrected chi connectivity index (χ0v) is 12.0. The molecule has 2 amide bonds. The number of carbonyl (C=O) groups excluding carboxylic acids is 2. The van der Waals surface area contributed by atoms with Gasteiger partial charge in [-0.2, -0.15) is 0 Å². The maximum atomic E-state index is 11.7. The van der Waals surface area contributed by atoms with Gasteiger partial charge in [0.25, 0.3) is 5.91 Å². The lowest BCUT2D eigenvalue weighted by Gasteiger charge is -2.20. The summed E-state index contributed by atoms with van der Waals surface area (Å²) in [4.78, 5) is 27.0. The molecular weight excluding hydrogens is 268 g/mol. The molecule has 1 rings (SSSR count). The van der Waals surface area contributed by atoms with Crippen LogP contribution in [0.25, 0.3) is 0 Å². The highest BCUT2D eigenvalue weighted by atomic mass is 35.5. The number of nitrogens with one attached hydrogen (secondary N) is 2. The van der Waals surface area contributed by atoms with Gasteiger partial charge in [-0.3, -0.25) is 9.59 Å². The summed E-state index contributed by atoms with van der Waals surface area (Å²) in [5, 5.41) is 5.22. The van der Waals surface area contributed by atoms with Crippen molar-refractivity contribution in [2.24, 2.45) is 0 Å². The van der Waals surface area contributed by atoms with E-state index < -0.39 is 5.91 Å². The van der Waals surface area contributed by atoms with Gasteiger partial charge in [-0.1, -0.05) is 6.07 Å². The van der Waals surface area contributed by atoms with Gasteiger partial charge in [-0.25, -0.2) is 4.98 Å². The van der Waals surface area contributed by atoms with Crippen LogP contribution in [-0.4, -0.2) is 28.9 Å². The van der Waals surface area contributed by atoms with Crippen LogP contribution in [0.4, 0.5) is 5.82 Å². The number of carbonyl (C=O) groups is 2. The van der Waals surface area contributed by atoms with Gasteiger partial charge in [0.15, 0.2) is 0 Å². The number of amides is 2. The first-order valence-electron chi connectivity index (χ1n) is 5.60. The molecule has 0 saturated carbocycles. The van der Waals surface area contributed by atoms with Crippen molar-refractivity contribution in [1.29, 1.82) is 0 Å². The van der Waals surface area contributed by atoms with Crippen molar-refractivity contribution in [2.75, 3.05) is 12.3 Å². The van der Waals surface area contributed by atoms with Crippen molar-refractivity contribution >= 4 is 30.0 Å². The highest BCUT2D eigenvalue weighted by Gasteiger charge is 2.15. The molecule has 0 radical (unpaired) electrons. The number of rotatable bonds is 3. The van der Waals surface area contributed by atoms with E-state index in [1.807, 2.05) is 20.8 Å². The smallest absolute Gasteiger partial charge is 0.270 e. The van der Waals surface area contributed by atoms with Gasteiger partial charge < -0.3 is 16.4 Å². The van der Waals surface area contributed by atoms with Crippen LogP contribution in [0, 0.1) is 0 Å². The first kappa shape index (κ1) is 17.2. The molecule has 0 unspecified atom stereocenters. The number of nitrogens with zero attached hydrogens (tertiary/aromatic N) is 1. The molecule has 0 aliphatic heterocycles. The van der Waals surface area contributed by atoms with Crippen LogP contribution in [0.1, 0.15) is 31.3 Å². The Morgan fingerprint density at radius 3 is 2.47 bits per heavy atom. The monoisotopic (exact) mass is 286 g/mol. The summed E-state index contributed by atoms with van der Waals surface area (Å²) in [5.41, 5.74) is 5.34. The molecule has 106 valence electrons. The zero-order chi connectivity index (χ0) is 13.8. The summed E-state index contributed by atoms with van der Waals surface area (Å²) in [6.45, 7) is 5.51. The van der Waals surface area contributed by atoms with E-state index in [0.29, 0.717) is 0 Å². The van der Waals surface area contributed by atoms with Crippen molar-refractivity contribution in [3.05, 3.63) is 23.9 Å². The predicted octanol–water partition coefficient (Wildman–Crippen LogP) is 0.730.